The Morgan fingerprint density at radius 3 is 2.80 bits per heavy atom. The molecule has 0 aromatic heterocycles. The topological polar surface area (TPSA) is 63.9 Å². The van der Waals surface area contributed by atoms with Crippen LogP contribution in [-0.4, -0.2) is 64.4 Å². The summed E-state index contributed by atoms with van der Waals surface area (Å²) >= 11 is 0. The number of piperidine rings is 3. The van der Waals surface area contributed by atoms with Crippen molar-refractivity contribution in [2.24, 2.45) is 5.92 Å². The fourth-order valence-corrected chi connectivity index (χ4v) is 6.44. The number of fused-ring (bicyclic) bond motifs is 4. The lowest BCUT2D eigenvalue weighted by molar-refractivity contribution is -0.951. The van der Waals surface area contributed by atoms with Gasteiger partial charge >= 0.3 is 0 Å². The minimum atomic E-state index is -1.35. The lowest BCUT2D eigenvalue weighted by Gasteiger charge is -2.66. The largest absolute Gasteiger partial charge is 0.394 e. The van der Waals surface area contributed by atoms with Crippen molar-refractivity contribution in [3.8, 4) is 0 Å². The molecule has 134 valence electrons. The van der Waals surface area contributed by atoms with Crippen LogP contribution in [0.1, 0.15) is 25.3 Å². The average Bonchev–Trinajstić information content (AvgIpc) is 2.82. The molecule has 3 saturated heterocycles. The number of benzene rings is 1. The van der Waals surface area contributed by atoms with Crippen LogP contribution in [0.15, 0.2) is 35.9 Å². The molecule has 0 aliphatic carbocycles. The van der Waals surface area contributed by atoms with Crippen molar-refractivity contribution >= 4 is 5.69 Å². The van der Waals surface area contributed by atoms with Gasteiger partial charge in [0.05, 0.1) is 26.2 Å². The van der Waals surface area contributed by atoms with Gasteiger partial charge in [0.2, 0.25) is 5.72 Å². The molecule has 6 atom stereocenters. The molecule has 0 saturated carbocycles. The van der Waals surface area contributed by atoms with Crippen molar-refractivity contribution in [1.29, 1.82) is 0 Å². The number of nitrogens with zero attached hydrogens (tertiary/aromatic N) is 2. The van der Waals surface area contributed by atoms with Crippen molar-refractivity contribution in [2.75, 3.05) is 31.6 Å². The van der Waals surface area contributed by atoms with Crippen molar-refractivity contribution in [3.05, 3.63) is 41.5 Å². The third-order valence-corrected chi connectivity index (χ3v) is 7.64. The Balaban J connectivity index is 1.81. The van der Waals surface area contributed by atoms with Gasteiger partial charge in [-0.25, -0.2) is 0 Å². The summed E-state index contributed by atoms with van der Waals surface area (Å²) < 4.78 is 0.762. The Kier molecular flexibility index (Phi) is 2.95. The van der Waals surface area contributed by atoms with Crippen LogP contribution < -0.4 is 4.90 Å². The molecule has 4 heterocycles. The van der Waals surface area contributed by atoms with Gasteiger partial charge in [-0.3, -0.25) is 0 Å². The molecule has 2 bridgehead atoms. The number of para-hydroxylation sites is 1. The van der Waals surface area contributed by atoms with Gasteiger partial charge in [-0.2, -0.15) is 0 Å². The SMILES string of the molecule is CC=C1C[N+]2(C)CCC3(O)c4ccccc4N4C(CO)C1CC2C43O. The summed E-state index contributed by atoms with van der Waals surface area (Å²) in [5.74, 6) is 0.222. The lowest BCUT2D eigenvalue weighted by atomic mass is 9.64. The molecular formula is C20H27N2O3+. The zero-order valence-corrected chi connectivity index (χ0v) is 14.9. The van der Waals surface area contributed by atoms with Gasteiger partial charge in [0, 0.05) is 30.0 Å². The number of hydrogen-bond acceptors (Lipinski definition) is 4. The number of allylic oxidation sites excluding steroid dienone is 1. The van der Waals surface area contributed by atoms with Gasteiger partial charge in [-0.15, -0.1) is 0 Å². The third kappa shape index (κ3) is 1.55. The second-order valence-electron chi connectivity index (χ2n) is 8.56. The summed E-state index contributed by atoms with van der Waals surface area (Å²) in [6, 6.07) is 7.54. The van der Waals surface area contributed by atoms with Crippen LogP contribution in [-0.2, 0) is 5.60 Å². The number of hydrogen-bond donors (Lipinski definition) is 3. The van der Waals surface area contributed by atoms with Gasteiger partial charge < -0.3 is 24.7 Å². The number of rotatable bonds is 1. The second-order valence-corrected chi connectivity index (χ2v) is 8.56. The normalized spacial score (nSPS) is 48.6. The Labute approximate surface area is 148 Å². The molecule has 5 heteroatoms. The fraction of sp³-hybridized carbons (Fsp3) is 0.600. The van der Waals surface area contributed by atoms with Crippen LogP contribution in [0.5, 0.6) is 0 Å². The van der Waals surface area contributed by atoms with Crippen LogP contribution in [0.25, 0.3) is 0 Å². The van der Waals surface area contributed by atoms with Crippen molar-refractivity contribution in [1.82, 2.24) is 0 Å². The minimum absolute atomic E-state index is 0.0227. The van der Waals surface area contributed by atoms with E-state index in [4.69, 9.17) is 0 Å². The van der Waals surface area contributed by atoms with Crippen LogP contribution in [0.4, 0.5) is 5.69 Å². The highest BCUT2D eigenvalue weighted by atomic mass is 16.4. The zero-order valence-electron chi connectivity index (χ0n) is 14.9. The Hall–Kier alpha value is -1.40. The molecule has 1 aromatic carbocycles. The molecule has 4 aliphatic heterocycles. The first-order valence-electron chi connectivity index (χ1n) is 9.34. The summed E-state index contributed by atoms with van der Waals surface area (Å²) in [6.45, 7) is 3.80. The van der Waals surface area contributed by atoms with E-state index in [2.05, 4.69) is 20.0 Å². The van der Waals surface area contributed by atoms with Crippen LogP contribution in [0, 0.1) is 5.92 Å². The number of aliphatic hydroxyl groups is 3. The average molecular weight is 343 g/mol. The Bertz CT molecular complexity index is 780. The van der Waals surface area contributed by atoms with E-state index < -0.39 is 11.3 Å². The van der Waals surface area contributed by atoms with E-state index in [-0.39, 0.29) is 24.6 Å². The molecule has 0 spiro atoms. The first-order chi connectivity index (χ1) is 11.9. The standard InChI is InChI=1S/C20H27N2O3/c1-3-13-11-22(2)9-8-19(24)15-6-4-5-7-16(15)21-17(12-23)14(13)10-18(22)20(19,21)25/h3-7,14,17-18,23-25H,8-12H2,1-2H3/q+1. The first-order valence-corrected chi connectivity index (χ1v) is 9.34. The van der Waals surface area contributed by atoms with Gasteiger partial charge in [0.1, 0.15) is 12.6 Å². The molecule has 6 unspecified atom stereocenters. The summed E-state index contributed by atoms with van der Waals surface area (Å²) in [5.41, 5.74) is 0.448. The molecule has 1 aromatic rings. The molecule has 0 amide bonds. The molecule has 0 radical (unpaired) electrons. The lowest BCUT2D eigenvalue weighted by Crippen LogP contribution is -2.84. The third-order valence-electron chi connectivity index (χ3n) is 7.64. The minimum Gasteiger partial charge on any atom is -0.394 e. The fourth-order valence-electron chi connectivity index (χ4n) is 6.44. The quantitative estimate of drug-likeness (QED) is 0.525. The molecule has 5 nitrogen and oxygen atoms in total. The van der Waals surface area contributed by atoms with Crippen LogP contribution in [0.3, 0.4) is 0 Å². The summed E-state index contributed by atoms with van der Waals surface area (Å²) in [6.07, 6.45) is 3.54. The summed E-state index contributed by atoms with van der Waals surface area (Å²) in [5, 5.41) is 34.0. The van der Waals surface area contributed by atoms with E-state index in [1.54, 1.807) is 0 Å². The van der Waals surface area contributed by atoms with E-state index in [1.165, 1.54) is 5.57 Å². The second kappa shape index (κ2) is 4.65. The van der Waals surface area contributed by atoms with E-state index in [1.807, 2.05) is 29.2 Å². The van der Waals surface area contributed by atoms with E-state index in [0.717, 1.165) is 35.2 Å². The van der Waals surface area contributed by atoms with Crippen LogP contribution >= 0.6 is 0 Å². The van der Waals surface area contributed by atoms with E-state index in [9.17, 15) is 15.3 Å². The number of aliphatic hydroxyl groups excluding tert-OH is 1. The highest BCUT2D eigenvalue weighted by molar-refractivity contribution is 5.67. The maximum atomic E-state index is 12.0. The van der Waals surface area contributed by atoms with Gasteiger partial charge in [0.25, 0.3) is 0 Å². The molecule has 3 fully saturated rings. The molecular weight excluding hydrogens is 316 g/mol. The number of likely N-dealkylation sites (N-methyl/N-ethyl adjacent to an activating group) is 1. The maximum absolute atomic E-state index is 12.0. The predicted octanol–water partition coefficient (Wildman–Crippen LogP) is 0.942. The smallest absolute Gasteiger partial charge is 0.225 e. The summed E-state index contributed by atoms with van der Waals surface area (Å²) in [7, 11) is 2.21. The Morgan fingerprint density at radius 1 is 1.32 bits per heavy atom. The summed E-state index contributed by atoms with van der Waals surface area (Å²) in [4.78, 5) is 1.97. The van der Waals surface area contributed by atoms with Crippen molar-refractivity contribution in [3.63, 3.8) is 0 Å². The van der Waals surface area contributed by atoms with Gasteiger partial charge in [0.15, 0.2) is 5.60 Å². The molecule has 5 rings (SSSR count). The number of quaternary nitrogens is 1. The van der Waals surface area contributed by atoms with Crippen molar-refractivity contribution < 1.29 is 19.8 Å². The van der Waals surface area contributed by atoms with E-state index >= 15 is 0 Å². The molecule has 3 N–H and O–H groups in total. The monoisotopic (exact) mass is 343 g/mol. The zero-order chi connectivity index (χ0) is 17.6. The van der Waals surface area contributed by atoms with Crippen LogP contribution in [0.2, 0.25) is 0 Å². The van der Waals surface area contributed by atoms with Crippen molar-refractivity contribution in [2.45, 2.75) is 43.2 Å². The predicted molar refractivity (Wildman–Crippen MR) is 94.8 cm³/mol. The maximum Gasteiger partial charge on any atom is 0.225 e. The molecule has 4 aliphatic rings. The number of anilines is 1. The highest BCUT2D eigenvalue weighted by Crippen LogP contribution is 2.63. The van der Waals surface area contributed by atoms with Gasteiger partial charge in [-0.1, -0.05) is 24.3 Å². The highest BCUT2D eigenvalue weighted by Gasteiger charge is 2.76. The first kappa shape index (κ1) is 15.8. The Morgan fingerprint density at radius 2 is 2.08 bits per heavy atom. The van der Waals surface area contributed by atoms with Gasteiger partial charge in [-0.05, 0) is 18.6 Å². The molecule has 25 heavy (non-hydrogen) atoms. The van der Waals surface area contributed by atoms with E-state index in [0.29, 0.717) is 6.42 Å².